The highest BCUT2D eigenvalue weighted by atomic mass is 35.5. The maximum atomic E-state index is 13.3. The zero-order valence-corrected chi connectivity index (χ0v) is 22.0. The standard InChI is InChI=1S/C27H30ClN5O2.ClH/c1-2-6-25-29-26(35-31-25)14-16-32-15-5-7-21(32)18-33-27(34)23-9-4-3-8-22(23)24(30-33)17-19-10-12-20(28)13-11-19;/h3-4,8-13,21H,2,5-7,14-18H2,1H3;1H/t21-;/m1./s1. The van der Waals surface area contributed by atoms with Gasteiger partial charge in [-0.05, 0) is 49.6 Å². The summed E-state index contributed by atoms with van der Waals surface area (Å²) in [5, 5.41) is 11.3. The Morgan fingerprint density at radius 2 is 1.86 bits per heavy atom. The van der Waals surface area contributed by atoms with Crippen molar-refractivity contribution in [3.05, 3.63) is 86.9 Å². The third-order valence-electron chi connectivity index (χ3n) is 6.71. The summed E-state index contributed by atoms with van der Waals surface area (Å²) in [7, 11) is 0. The van der Waals surface area contributed by atoms with Crippen molar-refractivity contribution in [3.63, 3.8) is 0 Å². The second kappa shape index (κ2) is 12.0. The fourth-order valence-electron chi connectivity index (χ4n) is 4.91. The van der Waals surface area contributed by atoms with E-state index in [1.807, 2.05) is 48.5 Å². The molecule has 0 bridgehead atoms. The van der Waals surface area contributed by atoms with Crippen LogP contribution in [-0.2, 0) is 25.8 Å². The summed E-state index contributed by atoms with van der Waals surface area (Å²) >= 11 is 6.07. The topological polar surface area (TPSA) is 77.0 Å². The van der Waals surface area contributed by atoms with Gasteiger partial charge in [-0.25, -0.2) is 4.68 Å². The van der Waals surface area contributed by atoms with Crippen molar-refractivity contribution in [3.8, 4) is 0 Å². The highest BCUT2D eigenvalue weighted by Gasteiger charge is 2.26. The molecule has 2 aromatic heterocycles. The van der Waals surface area contributed by atoms with Gasteiger partial charge in [-0.2, -0.15) is 10.1 Å². The predicted molar refractivity (Wildman–Crippen MR) is 144 cm³/mol. The molecule has 1 fully saturated rings. The highest BCUT2D eigenvalue weighted by Crippen LogP contribution is 2.21. The van der Waals surface area contributed by atoms with E-state index in [-0.39, 0.29) is 24.0 Å². The average Bonchev–Trinajstić information content (AvgIpc) is 3.51. The zero-order chi connectivity index (χ0) is 24.2. The minimum atomic E-state index is -0.0339. The Hall–Kier alpha value is -2.74. The molecule has 0 spiro atoms. The van der Waals surface area contributed by atoms with Gasteiger partial charge < -0.3 is 4.52 Å². The first-order chi connectivity index (χ1) is 17.1. The van der Waals surface area contributed by atoms with Crippen LogP contribution in [0.3, 0.4) is 0 Å². The van der Waals surface area contributed by atoms with E-state index < -0.39 is 0 Å². The van der Waals surface area contributed by atoms with E-state index in [2.05, 4.69) is 22.0 Å². The Morgan fingerprint density at radius 3 is 2.64 bits per heavy atom. The summed E-state index contributed by atoms with van der Waals surface area (Å²) in [6.07, 6.45) is 5.35. The van der Waals surface area contributed by atoms with Crippen LogP contribution in [0.2, 0.25) is 5.02 Å². The molecule has 1 atom stereocenters. The van der Waals surface area contributed by atoms with Gasteiger partial charge in [0.05, 0.1) is 17.6 Å². The lowest BCUT2D eigenvalue weighted by Gasteiger charge is -2.24. The molecule has 7 nitrogen and oxygen atoms in total. The first kappa shape index (κ1) is 26.3. The number of nitrogens with zero attached hydrogens (tertiary/aromatic N) is 5. The Balaban J connectivity index is 0.00000304. The van der Waals surface area contributed by atoms with E-state index in [0.29, 0.717) is 29.3 Å². The minimum absolute atomic E-state index is 0. The Kier molecular flexibility index (Phi) is 8.77. The van der Waals surface area contributed by atoms with Crippen LogP contribution in [-0.4, -0.2) is 44.0 Å². The van der Waals surface area contributed by atoms with E-state index in [0.717, 1.165) is 67.7 Å². The second-order valence-corrected chi connectivity index (χ2v) is 9.66. The summed E-state index contributed by atoms with van der Waals surface area (Å²) in [5.41, 5.74) is 1.98. The molecule has 0 saturated carbocycles. The summed E-state index contributed by atoms with van der Waals surface area (Å²) in [6.45, 7) is 4.51. The zero-order valence-electron chi connectivity index (χ0n) is 20.4. The lowest BCUT2D eigenvalue weighted by atomic mass is 10.0. The normalized spacial score (nSPS) is 15.9. The van der Waals surface area contributed by atoms with Crippen LogP contribution in [0.25, 0.3) is 10.8 Å². The third-order valence-corrected chi connectivity index (χ3v) is 6.96. The molecule has 2 aromatic carbocycles. The molecule has 3 heterocycles. The van der Waals surface area contributed by atoms with Gasteiger partial charge in [0, 0.05) is 42.3 Å². The number of aryl methyl sites for hydroxylation is 1. The number of likely N-dealkylation sites (tertiary alicyclic amines) is 1. The Labute approximate surface area is 221 Å². The summed E-state index contributed by atoms with van der Waals surface area (Å²) in [5.74, 6) is 1.46. The lowest BCUT2D eigenvalue weighted by molar-refractivity contribution is 0.219. The number of halogens is 2. The molecule has 0 unspecified atom stereocenters. The number of rotatable bonds is 9. The first-order valence-corrected chi connectivity index (χ1v) is 12.8. The average molecular weight is 528 g/mol. The van der Waals surface area contributed by atoms with E-state index in [1.165, 1.54) is 0 Å². The molecule has 0 radical (unpaired) electrons. The molecule has 1 aliphatic heterocycles. The molecule has 4 aromatic rings. The minimum Gasteiger partial charge on any atom is -0.339 e. The van der Waals surface area contributed by atoms with Crippen molar-refractivity contribution in [2.75, 3.05) is 13.1 Å². The molecule has 0 N–H and O–H groups in total. The SMILES string of the molecule is CCCc1noc(CCN2CCC[C@@H]2Cn2nc(Cc3ccc(Cl)cc3)c3ccccc3c2=O)n1.Cl. The molecule has 190 valence electrons. The van der Waals surface area contributed by atoms with Crippen molar-refractivity contribution >= 4 is 34.8 Å². The maximum Gasteiger partial charge on any atom is 0.274 e. The van der Waals surface area contributed by atoms with Crippen LogP contribution in [0.5, 0.6) is 0 Å². The number of hydrogen-bond donors (Lipinski definition) is 0. The van der Waals surface area contributed by atoms with Crippen LogP contribution in [0.15, 0.2) is 57.8 Å². The van der Waals surface area contributed by atoms with Gasteiger partial charge in [0.15, 0.2) is 5.82 Å². The molecule has 1 saturated heterocycles. The number of aromatic nitrogens is 4. The van der Waals surface area contributed by atoms with Crippen molar-refractivity contribution in [2.45, 2.75) is 58.0 Å². The predicted octanol–water partition coefficient (Wildman–Crippen LogP) is 5.11. The van der Waals surface area contributed by atoms with Crippen molar-refractivity contribution in [2.24, 2.45) is 0 Å². The van der Waals surface area contributed by atoms with E-state index in [1.54, 1.807) is 4.68 Å². The number of benzene rings is 2. The first-order valence-electron chi connectivity index (χ1n) is 12.4. The molecule has 5 rings (SSSR count). The molecule has 1 aliphatic rings. The number of hydrogen-bond acceptors (Lipinski definition) is 6. The van der Waals surface area contributed by atoms with Crippen LogP contribution in [0.1, 0.15) is 49.2 Å². The van der Waals surface area contributed by atoms with Gasteiger partial charge in [-0.15, -0.1) is 12.4 Å². The van der Waals surface area contributed by atoms with E-state index in [4.69, 9.17) is 21.2 Å². The quantitative estimate of drug-likeness (QED) is 0.301. The molecule has 36 heavy (non-hydrogen) atoms. The van der Waals surface area contributed by atoms with E-state index >= 15 is 0 Å². The van der Waals surface area contributed by atoms with Crippen LogP contribution < -0.4 is 5.56 Å². The van der Waals surface area contributed by atoms with Crippen molar-refractivity contribution in [1.82, 2.24) is 24.8 Å². The Morgan fingerprint density at radius 1 is 1.08 bits per heavy atom. The maximum absolute atomic E-state index is 13.3. The molecular formula is C27H31Cl2N5O2. The van der Waals surface area contributed by atoms with Gasteiger partial charge in [0.1, 0.15) is 0 Å². The molecular weight excluding hydrogens is 497 g/mol. The van der Waals surface area contributed by atoms with Crippen molar-refractivity contribution in [1.29, 1.82) is 0 Å². The van der Waals surface area contributed by atoms with Gasteiger partial charge in [-0.3, -0.25) is 9.69 Å². The summed E-state index contributed by atoms with van der Waals surface area (Å²) < 4.78 is 7.08. The van der Waals surface area contributed by atoms with Crippen LogP contribution in [0, 0.1) is 0 Å². The summed E-state index contributed by atoms with van der Waals surface area (Å²) in [6, 6.07) is 15.8. The monoisotopic (exact) mass is 527 g/mol. The fourth-order valence-corrected chi connectivity index (χ4v) is 5.03. The smallest absolute Gasteiger partial charge is 0.274 e. The number of fused-ring (bicyclic) bond motifs is 1. The van der Waals surface area contributed by atoms with Crippen molar-refractivity contribution < 1.29 is 4.52 Å². The van der Waals surface area contributed by atoms with Crippen LogP contribution in [0.4, 0.5) is 0 Å². The molecule has 9 heteroatoms. The largest absolute Gasteiger partial charge is 0.339 e. The highest BCUT2D eigenvalue weighted by molar-refractivity contribution is 6.30. The van der Waals surface area contributed by atoms with Crippen LogP contribution >= 0.6 is 24.0 Å². The Bertz CT molecular complexity index is 1350. The lowest BCUT2D eigenvalue weighted by Crippen LogP contribution is -2.38. The molecule has 0 aliphatic carbocycles. The fraction of sp³-hybridized carbons (Fsp3) is 0.407. The van der Waals surface area contributed by atoms with E-state index in [9.17, 15) is 4.79 Å². The third kappa shape index (κ3) is 5.97. The van der Waals surface area contributed by atoms with Gasteiger partial charge >= 0.3 is 0 Å². The second-order valence-electron chi connectivity index (χ2n) is 9.22. The molecule has 0 amide bonds. The van der Waals surface area contributed by atoms with Gasteiger partial charge in [0.2, 0.25) is 5.89 Å². The summed E-state index contributed by atoms with van der Waals surface area (Å²) in [4.78, 5) is 20.3. The van der Waals surface area contributed by atoms with Gasteiger partial charge in [0.25, 0.3) is 5.56 Å². The van der Waals surface area contributed by atoms with Gasteiger partial charge in [-0.1, -0.05) is 54.0 Å².